The van der Waals surface area contributed by atoms with Crippen LogP contribution in [-0.4, -0.2) is 18.1 Å². The van der Waals surface area contributed by atoms with Gasteiger partial charge in [-0.3, -0.25) is 4.98 Å². The highest BCUT2D eigenvalue weighted by Crippen LogP contribution is 2.33. The summed E-state index contributed by atoms with van der Waals surface area (Å²) in [6.07, 6.45) is 15.8. The van der Waals surface area contributed by atoms with Gasteiger partial charge in [0, 0.05) is 18.1 Å². The second-order valence-corrected chi connectivity index (χ2v) is 6.42. The maximum absolute atomic E-state index is 4.49. The van der Waals surface area contributed by atoms with Gasteiger partial charge in [0.05, 0.1) is 5.52 Å². The molecule has 3 rings (SSSR count). The number of nitrogens with one attached hydrogen (secondary N) is 1. The summed E-state index contributed by atoms with van der Waals surface area (Å²) in [5, 5.41) is 4.82. The molecule has 2 heterocycles. The van der Waals surface area contributed by atoms with Crippen LogP contribution in [0.3, 0.4) is 0 Å². The average Bonchev–Trinajstić information content (AvgIpc) is 2.67. The first-order valence-electron chi connectivity index (χ1n) is 8.82. The predicted molar refractivity (Wildman–Crippen MR) is 104 cm³/mol. The molecule has 0 saturated carbocycles. The topological polar surface area (TPSA) is 24.9 Å². The van der Waals surface area contributed by atoms with Gasteiger partial charge in [0.25, 0.3) is 0 Å². The van der Waals surface area contributed by atoms with Crippen LogP contribution in [0.2, 0.25) is 0 Å². The van der Waals surface area contributed by atoms with Crippen molar-refractivity contribution < 1.29 is 0 Å². The van der Waals surface area contributed by atoms with Crippen molar-refractivity contribution in [2.75, 3.05) is 13.1 Å². The second kappa shape index (κ2) is 9.25. The van der Waals surface area contributed by atoms with Gasteiger partial charge in [-0.25, -0.2) is 0 Å². The van der Waals surface area contributed by atoms with E-state index in [1.54, 1.807) is 0 Å². The van der Waals surface area contributed by atoms with Crippen molar-refractivity contribution >= 4 is 10.9 Å². The Morgan fingerprint density at radius 2 is 2.12 bits per heavy atom. The van der Waals surface area contributed by atoms with Crippen molar-refractivity contribution in [3.8, 4) is 12.8 Å². The molecule has 1 aliphatic rings. The Bertz CT molecular complexity index is 668. The number of hydrogen-bond acceptors (Lipinski definition) is 2. The highest BCUT2D eigenvalue weighted by atomic mass is 14.9. The molecule has 2 nitrogen and oxygen atoms in total. The van der Waals surface area contributed by atoms with E-state index in [-0.39, 0.29) is 0 Å². The SMILES string of the molecule is C#C.C=CC1CNCCC1C(CC)Cc1ccnc2ccccc12. The van der Waals surface area contributed by atoms with Crippen molar-refractivity contribution in [3.63, 3.8) is 0 Å². The smallest absolute Gasteiger partial charge is 0.0704 e. The van der Waals surface area contributed by atoms with Crippen LogP contribution >= 0.6 is 0 Å². The number of hydrogen-bond donors (Lipinski definition) is 1. The summed E-state index contributed by atoms with van der Waals surface area (Å²) in [4.78, 5) is 4.49. The number of benzene rings is 1. The number of rotatable bonds is 5. The number of aromatic nitrogens is 1. The van der Waals surface area contributed by atoms with Crippen LogP contribution in [0.4, 0.5) is 0 Å². The number of pyridine rings is 1. The predicted octanol–water partition coefficient (Wildman–Crippen LogP) is 4.46. The Balaban J connectivity index is 0.00000100. The molecule has 0 amide bonds. The molecule has 3 atom stereocenters. The normalized spacial score (nSPS) is 21.5. The van der Waals surface area contributed by atoms with Crippen LogP contribution in [0.25, 0.3) is 10.9 Å². The van der Waals surface area contributed by atoms with Crippen molar-refractivity contribution in [2.24, 2.45) is 17.8 Å². The van der Waals surface area contributed by atoms with Crippen molar-refractivity contribution in [3.05, 3.63) is 54.7 Å². The Hall–Kier alpha value is -2.11. The minimum absolute atomic E-state index is 0.604. The zero-order valence-corrected chi connectivity index (χ0v) is 14.6. The van der Waals surface area contributed by atoms with Gasteiger partial charge in [0.15, 0.2) is 0 Å². The molecule has 126 valence electrons. The molecule has 1 aliphatic heterocycles. The van der Waals surface area contributed by atoms with Gasteiger partial charge in [-0.15, -0.1) is 19.4 Å². The summed E-state index contributed by atoms with van der Waals surface area (Å²) in [6, 6.07) is 10.7. The van der Waals surface area contributed by atoms with Crippen LogP contribution < -0.4 is 5.32 Å². The molecule has 0 radical (unpaired) electrons. The van der Waals surface area contributed by atoms with E-state index in [2.05, 4.69) is 73.1 Å². The third-order valence-electron chi connectivity index (χ3n) is 5.24. The molecule has 0 aliphatic carbocycles. The van der Waals surface area contributed by atoms with Gasteiger partial charge >= 0.3 is 0 Å². The molecule has 3 unspecified atom stereocenters. The monoisotopic (exact) mass is 320 g/mol. The second-order valence-electron chi connectivity index (χ2n) is 6.42. The summed E-state index contributed by atoms with van der Waals surface area (Å²) in [7, 11) is 0. The molecule has 2 heteroatoms. The van der Waals surface area contributed by atoms with Gasteiger partial charge < -0.3 is 5.32 Å². The van der Waals surface area contributed by atoms with E-state index in [1.807, 2.05) is 6.20 Å². The molecule has 0 bridgehead atoms. The number of fused-ring (bicyclic) bond motifs is 1. The zero-order chi connectivity index (χ0) is 17.4. The summed E-state index contributed by atoms with van der Waals surface area (Å²) >= 11 is 0. The molecule has 24 heavy (non-hydrogen) atoms. The molecule has 1 N–H and O–H groups in total. The van der Waals surface area contributed by atoms with Gasteiger partial charge in [-0.05, 0) is 54.8 Å². The highest BCUT2D eigenvalue weighted by Gasteiger charge is 2.29. The first kappa shape index (κ1) is 18.2. The van der Waals surface area contributed by atoms with Crippen molar-refractivity contribution in [1.82, 2.24) is 10.3 Å². The van der Waals surface area contributed by atoms with E-state index >= 15 is 0 Å². The molecule has 2 aromatic rings. The maximum Gasteiger partial charge on any atom is 0.0704 e. The van der Waals surface area contributed by atoms with Crippen LogP contribution in [0.15, 0.2) is 49.2 Å². The number of nitrogens with zero attached hydrogens (tertiary/aromatic N) is 1. The first-order chi connectivity index (χ1) is 11.8. The molecular formula is C22H28N2. The zero-order valence-electron chi connectivity index (χ0n) is 14.6. The average molecular weight is 320 g/mol. The summed E-state index contributed by atoms with van der Waals surface area (Å²) in [5.41, 5.74) is 2.55. The lowest BCUT2D eigenvalue weighted by Gasteiger charge is -2.36. The molecule has 0 spiro atoms. The fourth-order valence-corrected chi connectivity index (χ4v) is 3.96. The lowest BCUT2D eigenvalue weighted by molar-refractivity contribution is 0.201. The van der Waals surface area contributed by atoms with E-state index in [0.717, 1.165) is 36.9 Å². The van der Waals surface area contributed by atoms with Crippen molar-refractivity contribution in [1.29, 1.82) is 0 Å². The number of piperidine rings is 1. The van der Waals surface area contributed by atoms with E-state index in [4.69, 9.17) is 0 Å². The fourth-order valence-electron chi connectivity index (χ4n) is 3.96. The van der Waals surface area contributed by atoms with Crippen LogP contribution in [0.5, 0.6) is 0 Å². The van der Waals surface area contributed by atoms with E-state index < -0.39 is 0 Å². The third kappa shape index (κ3) is 4.04. The highest BCUT2D eigenvalue weighted by molar-refractivity contribution is 5.81. The lowest BCUT2D eigenvalue weighted by Crippen LogP contribution is -2.39. The van der Waals surface area contributed by atoms with Crippen LogP contribution in [0, 0.1) is 30.6 Å². The van der Waals surface area contributed by atoms with Crippen LogP contribution in [0.1, 0.15) is 25.3 Å². The Morgan fingerprint density at radius 1 is 1.33 bits per heavy atom. The van der Waals surface area contributed by atoms with E-state index in [0.29, 0.717) is 5.92 Å². The van der Waals surface area contributed by atoms with Gasteiger partial charge in [-0.1, -0.05) is 37.6 Å². The standard InChI is InChI=1S/C20H26N2.C2H2/c1-3-15(18-10-11-21-14-16(18)4-2)13-17-9-12-22-20-8-6-5-7-19(17)20;1-2/h4-9,12,15-16,18,21H,2-3,10-11,13-14H2,1H3;1-2H. The lowest BCUT2D eigenvalue weighted by atomic mass is 9.73. The summed E-state index contributed by atoms with van der Waals surface area (Å²) in [6.45, 7) is 8.61. The molecular weight excluding hydrogens is 292 g/mol. The molecule has 1 aromatic carbocycles. The molecule has 1 saturated heterocycles. The minimum Gasteiger partial charge on any atom is -0.316 e. The number of terminal acetylenes is 1. The quantitative estimate of drug-likeness (QED) is 0.650. The first-order valence-corrected chi connectivity index (χ1v) is 8.82. The fraction of sp³-hybridized carbons (Fsp3) is 0.409. The Labute approximate surface area is 146 Å². The van der Waals surface area contributed by atoms with Gasteiger partial charge in [0.1, 0.15) is 0 Å². The minimum atomic E-state index is 0.604. The number of para-hydroxylation sites is 1. The Morgan fingerprint density at radius 3 is 2.88 bits per heavy atom. The van der Waals surface area contributed by atoms with Crippen LogP contribution in [-0.2, 0) is 6.42 Å². The van der Waals surface area contributed by atoms with Gasteiger partial charge in [-0.2, -0.15) is 0 Å². The van der Waals surface area contributed by atoms with Crippen molar-refractivity contribution in [2.45, 2.75) is 26.2 Å². The Kier molecular flexibility index (Phi) is 7.03. The third-order valence-corrected chi connectivity index (χ3v) is 5.24. The van der Waals surface area contributed by atoms with E-state index in [1.165, 1.54) is 23.8 Å². The maximum atomic E-state index is 4.49. The largest absolute Gasteiger partial charge is 0.316 e. The van der Waals surface area contributed by atoms with Gasteiger partial charge in [0.2, 0.25) is 0 Å². The summed E-state index contributed by atoms with van der Waals surface area (Å²) in [5.74, 6) is 2.07. The molecule has 1 aromatic heterocycles. The molecule has 1 fully saturated rings. The summed E-state index contributed by atoms with van der Waals surface area (Å²) < 4.78 is 0. The van der Waals surface area contributed by atoms with E-state index in [9.17, 15) is 0 Å².